The topological polar surface area (TPSA) is 66.4 Å². The minimum atomic E-state index is -3.54. The van der Waals surface area contributed by atoms with Gasteiger partial charge in [-0.2, -0.15) is 0 Å². The van der Waals surface area contributed by atoms with E-state index in [2.05, 4.69) is 20.7 Å². The Kier molecular flexibility index (Phi) is 4.41. The number of rotatable bonds is 5. The molecule has 0 heterocycles. The first-order valence-electron chi connectivity index (χ1n) is 7.38. The average Bonchev–Trinajstić information content (AvgIpc) is 3.08. The molecule has 2 aliphatic carbocycles. The highest BCUT2D eigenvalue weighted by Crippen LogP contribution is 2.48. The molecule has 0 spiro atoms. The van der Waals surface area contributed by atoms with Crippen molar-refractivity contribution < 1.29 is 13.5 Å². The van der Waals surface area contributed by atoms with E-state index in [4.69, 9.17) is 5.11 Å². The van der Waals surface area contributed by atoms with Gasteiger partial charge in [-0.05, 0) is 70.6 Å². The largest absolute Gasteiger partial charge is 0.392 e. The van der Waals surface area contributed by atoms with Gasteiger partial charge in [0.05, 0.1) is 11.5 Å². The number of hydrogen-bond acceptors (Lipinski definition) is 3. The van der Waals surface area contributed by atoms with Crippen LogP contribution in [0.25, 0.3) is 0 Å². The fourth-order valence-corrected chi connectivity index (χ4v) is 5.88. The molecule has 3 atom stereocenters. The average molecular weight is 374 g/mol. The van der Waals surface area contributed by atoms with Crippen LogP contribution < -0.4 is 4.72 Å². The summed E-state index contributed by atoms with van der Waals surface area (Å²) in [7, 11) is -3.54. The number of aliphatic hydroxyl groups is 1. The normalized spacial score (nSPS) is 28.2. The summed E-state index contributed by atoms with van der Waals surface area (Å²) in [5.41, 5.74) is 0.596. The minimum Gasteiger partial charge on any atom is -0.392 e. The van der Waals surface area contributed by atoms with E-state index in [9.17, 15) is 8.42 Å². The highest BCUT2D eigenvalue weighted by Gasteiger charge is 2.39. The number of halogens is 1. The summed E-state index contributed by atoms with van der Waals surface area (Å²) >= 11 is 3.28. The lowest BCUT2D eigenvalue weighted by Crippen LogP contribution is -2.31. The number of benzene rings is 1. The van der Waals surface area contributed by atoms with Gasteiger partial charge in [0.1, 0.15) is 0 Å². The summed E-state index contributed by atoms with van der Waals surface area (Å²) in [6, 6.07) is 4.89. The highest BCUT2D eigenvalue weighted by atomic mass is 79.9. The third-order valence-electron chi connectivity index (χ3n) is 4.89. The molecule has 1 aromatic carbocycles. The van der Waals surface area contributed by atoms with E-state index in [0.717, 1.165) is 12.3 Å². The Bertz CT molecular complexity index is 632. The van der Waals surface area contributed by atoms with Gasteiger partial charge in [0.25, 0.3) is 0 Å². The molecule has 3 unspecified atom stereocenters. The Morgan fingerprint density at radius 3 is 2.71 bits per heavy atom. The highest BCUT2D eigenvalue weighted by molar-refractivity contribution is 9.10. The van der Waals surface area contributed by atoms with Crippen LogP contribution in [0.3, 0.4) is 0 Å². The third kappa shape index (κ3) is 3.18. The maximum Gasteiger partial charge on any atom is 0.241 e. The quantitative estimate of drug-likeness (QED) is 0.833. The van der Waals surface area contributed by atoms with E-state index in [1.165, 1.54) is 25.3 Å². The second-order valence-corrected chi connectivity index (χ2v) is 8.80. The summed E-state index contributed by atoms with van der Waals surface area (Å²) in [4.78, 5) is 0.206. The number of fused-ring (bicyclic) bond motifs is 2. The van der Waals surface area contributed by atoms with Gasteiger partial charge >= 0.3 is 0 Å². The van der Waals surface area contributed by atoms with E-state index in [0.29, 0.717) is 28.4 Å². The van der Waals surface area contributed by atoms with E-state index in [1.54, 1.807) is 12.1 Å². The van der Waals surface area contributed by atoms with Crippen LogP contribution in [0.1, 0.15) is 31.2 Å². The molecular weight excluding hydrogens is 354 g/mol. The van der Waals surface area contributed by atoms with Crippen molar-refractivity contribution in [3.8, 4) is 0 Å². The molecule has 2 aliphatic rings. The van der Waals surface area contributed by atoms with Crippen LogP contribution in [0.15, 0.2) is 27.6 Å². The van der Waals surface area contributed by atoms with E-state index in [1.807, 2.05) is 0 Å². The van der Waals surface area contributed by atoms with Gasteiger partial charge in [0.2, 0.25) is 10.0 Å². The molecule has 0 aliphatic heterocycles. The Labute approximate surface area is 134 Å². The van der Waals surface area contributed by atoms with Crippen molar-refractivity contribution in [3.05, 3.63) is 28.2 Å². The lowest BCUT2D eigenvalue weighted by Gasteiger charge is -2.22. The fourth-order valence-electron chi connectivity index (χ4n) is 3.77. The van der Waals surface area contributed by atoms with Crippen LogP contribution in [0, 0.1) is 17.8 Å². The molecule has 0 amide bonds. The second kappa shape index (κ2) is 5.99. The van der Waals surface area contributed by atoms with Crippen LogP contribution in [0.5, 0.6) is 0 Å². The van der Waals surface area contributed by atoms with Crippen molar-refractivity contribution in [1.29, 1.82) is 0 Å². The van der Waals surface area contributed by atoms with E-state index >= 15 is 0 Å². The zero-order valence-electron chi connectivity index (χ0n) is 11.8. The zero-order valence-corrected chi connectivity index (χ0v) is 14.2. The molecule has 6 heteroatoms. The molecule has 3 rings (SSSR count). The third-order valence-corrected chi connectivity index (χ3v) is 7.31. The lowest BCUT2D eigenvalue weighted by atomic mass is 9.89. The Morgan fingerprint density at radius 2 is 2.10 bits per heavy atom. The van der Waals surface area contributed by atoms with Crippen molar-refractivity contribution in [2.24, 2.45) is 17.8 Å². The monoisotopic (exact) mass is 373 g/mol. The summed E-state index contributed by atoms with van der Waals surface area (Å²) in [6.07, 6.45) is 5.00. The smallest absolute Gasteiger partial charge is 0.241 e. The standard InChI is InChI=1S/C15H20BrNO3S/c16-14-4-2-11(9-18)7-15(14)21(19,20)17-8-13-6-10-1-3-12(13)5-10/h2,4,7,10,12-13,17-18H,1,3,5-6,8-9H2. The van der Waals surface area contributed by atoms with Crippen LogP contribution in [-0.2, 0) is 16.6 Å². The second-order valence-electron chi connectivity index (χ2n) is 6.21. The zero-order chi connectivity index (χ0) is 15.0. The van der Waals surface area contributed by atoms with Crippen LogP contribution in [0.2, 0.25) is 0 Å². The van der Waals surface area contributed by atoms with Crippen molar-refractivity contribution >= 4 is 26.0 Å². The first-order valence-corrected chi connectivity index (χ1v) is 9.66. The molecule has 21 heavy (non-hydrogen) atoms. The predicted molar refractivity (Wildman–Crippen MR) is 84.2 cm³/mol. The first-order chi connectivity index (χ1) is 9.99. The van der Waals surface area contributed by atoms with Crippen molar-refractivity contribution in [2.45, 2.75) is 37.2 Å². The van der Waals surface area contributed by atoms with Gasteiger partial charge in [-0.3, -0.25) is 0 Å². The van der Waals surface area contributed by atoms with Gasteiger partial charge in [0.15, 0.2) is 0 Å². The fraction of sp³-hybridized carbons (Fsp3) is 0.600. The Morgan fingerprint density at radius 1 is 1.29 bits per heavy atom. The summed E-state index contributed by atoms with van der Waals surface area (Å²) < 4.78 is 28.2. The summed E-state index contributed by atoms with van der Waals surface area (Å²) in [6.45, 7) is 0.363. The first kappa shape index (κ1) is 15.5. The molecule has 2 N–H and O–H groups in total. The molecule has 0 saturated heterocycles. The van der Waals surface area contributed by atoms with E-state index in [-0.39, 0.29) is 11.5 Å². The van der Waals surface area contributed by atoms with Crippen molar-refractivity contribution in [3.63, 3.8) is 0 Å². The number of sulfonamides is 1. The Hall–Kier alpha value is -0.430. The minimum absolute atomic E-state index is 0.165. The Balaban J connectivity index is 1.72. The molecular formula is C15H20BrNO3S. The number of hydrogen-bond donors (Lipinski definition) is 2. The molecule has 116 valence electrons. The number of aliphatic hydroxyl groups excluding tert-OH is 1. The maximum atomic E-state index is 12.5. The molecule has 2 bridgehead atoms. The molecule has 2 fully saturated rings. The van der Waals surface area contributed by atoms with Crippen molar-refractivity contribution in [1.82, 2.24) is 4.72 Å². The SMILES string of the molecule is O=S(=O)(NCC1CC2CCC1C2)c1cc(CO)ccc1Br. The molecule has 4 nitrogen and oxygen atoms in total. The summed E-state index contributed by atoms with van der Waals surface area (Å²) in [5, 5.41) is 9.16. The number of nitrogens with one attached hydrogen (secondary N) is 1. The van der Waals surface area contributed by atoms with E-state index < -0.39 is 10.0 Å². The van der Waals surface area contributed by atoms with Crippen LogP contribution in [-0.4, -0.2) is 20.1 Å². The maximum absolute atomic E-state index is 12.5. The molecule has 2 saturated carbocycles. The molecule has 0 radical (unpaired) electrons. The van der Waals surface area contributed by atoms with Crippen molar-refractivity contribution in [2.75, 3.05) is 6.54 Å². The summed E-state index contributed by atoms with van der Waals surface area (Å²) in [5.74, 6) is 2.00. The molecule has 1 aromatic rings. The van der Waals surface area contributed by atoms with Gasteiger partial charge in [-0.15, -0.1) is 0 Å². The van der Waals surface area contributed by atoms with Crippen LogP contribution >= 0.6 is 15.9 Å². The predicted octanol–water partition coefficient (Wildman–Crippen LogP) is 2.66. The lowest BCUT2D eigenvalue weighted by molar-refractivity contribution is 0.281. The van der Waals surface area contributed by atoms with Gasteiger partial charge in [-0.25, -0.2) is 13.1 Å². The van der Waals surface area contributed by atoms with Crippen LogP contribution in [0.4, 0.5) is 0 Å². The molecule has 0 aromatic heterocycles. The van der Waals surface area contributed by atoms with Gasteiger partial charge in [0, 0.05) is 11.0 Å². The van der Waals surface area contributed by atoms with Gasteiger partial charge < -0.3 is 5.11 Å². The van der Waals surface area contributed by atoms with Gasteiger partial charge in [-0.1, -0.05) is 12.5 Å².